The van der Waals surface area contributed by atoms with Crippen LogP contribution in [-0.4, -0.2) is 52.6 Å². The molecule has 1 aliphatic heterocycles. The third-order valence-electron chi connectivity index (χ3n) is 4.76. The molecule has 0 spiro atoms. The molecule has 9 heteroatoms. The summed E-state index contributed by atoms with van der Waals surface area (Å²) in [5.41, 5.74) is 0.444. The largest absolute Gasteiger partial charge is 0.350 e. The lowest BCUT2D eigenvalue weighted by Crippen LogP contribution is -2.39. The Hall–Kier alpha value is -2.39. The number of carbonyl (C=O) groups is 2. The molecular weight excluding hydrogens is 381 g/mol. The summed E-state index contributed by atoms with van der Waals surface area (Å²) in [5.74, 6) is -1.20. The molecule has 1 aliphatic rings. The van der Waals surface area contributed by atoms with Crippen molar-refractivity contribution in [1.29, 1.82) is 0 Å². The van der Waals surface area contributed by atoms with Crippen LogP contribution < -0.4 is 10.6 Å². The van der Waals surface area contributed by atoms with Gasteiger partial charge in [0.05, 0.1) is 0 Å². The van der Waals surface area contributed by atoms with Crippen molar-refractivity contribution in [2.24, 2.45) is 0 Å². The number of hydrogen-bond donors (Lipinski definition) is 2. The predicted octanol–water partition coefficient (Wildman–Crippen LogP) is 2.92. The summed E-state index contributed by atoms with van der Waals surface area (Å²) in [4.78, 5) is 26.8. The van der Waals surface area contributed by atoms with Gasteiger partial charge in [-0.15, -0.1) is 10.2 Å². The highest BCUT2D eigenvalue weighted by Gasteiger charge is 2.19. The quantitative estimate of drug-likeness (QED) is 0.692. The van der Waals surface area contributed by atoms with E-state index in [-0.39, 0.29) is 21.7 Å². The summed E-state index contributed by atoms with van der Waals surface area (Å²) < 4.78 is 12.9. The SMILES string of the molecule is CC1CCCCN1CCCNC(=O)c1nnc(C(=O)Nc2ccc(F)cc2)s1. The fraction of sp³-hybridized carbons (Fsp3) is 0.474. The molecule has 1 fully saturated rings. The lowest BCUT2D eigenvalue weighted by Gasteiger charge is -2.33. The average Bonchev–Trinajstić information content (AvgIpc) is 3.19. The number of piperidine rings is 1. The first kappa shape index (κ1) is 20.3. The van der Waals surface area contributed by atoms with Gasteiger partial charge in [0.25, 0.3) is 11.8 Å². The highest BCUT2D eigenvalue weighted by atomic mass is 32.1. The number of rotatable bonds is 7. The smallest absolute Gasteiger partial charge is 0.286 e. The van der Waals surface area contributed by atoms with Crippen LogP contribution in [-0.2, 0) is 0 Å². The number of benzene rings is 1. The molecule has 1 aromatic carbocycles. The van der Waals surface area contributed by atoms with E-state index >= 15 is 0 Å². The zero-order valence-electron chi connectivity index (χ0n) is 15.8. The van der Waals surface area contributed by atoms with Crippen molar-refractivity contribution in [2.45, 2.75) is 38.6 Å². The van der Waals surface area contributed by atoms with Gasteiger partial charge in [-0.3, -0.25) is 9.59 Å². The van der Waals surface area contributed by atoms with E-state index in [1.54, 1.807) is 0 Å². The fourth-order valence-corrected chi connectivity index (χ4v) is 3.83. The Morgan fingerprint density at radius 2 is 1.89 bits per heavy atom. The Morgan fingerprint density at radius 3 is 2.61 bits per heavy atom. The lowest BCUT2D eigenvalue weighted by molar-refractivity contribution is 0.0946. The highest BCUT2D eigenvalue weighted by molar-refractivity contribution is 7.15. The predicted molar refractivity (Wildman–Crippen MR) is 106 cm³/mol. The maximum Gasteiger partial charge on any atom is 0.286 e. The van der Waals surface area contributed by atoms with Crippen molar-refractivity contribution in [2.75, 3.05) is 25.0 Å². The zero-order chi connectivity index (χ0) is 19.9. The standard InChI is InChI=1S/C19H24FN5O2S/c1-13-5-2-3-11-25(13)12-4-10-21-16(26)18-23-24-19(28-18)17(27)22-15-8-6-14(20)7-9-15/h6-9,13H,2-5,10-12H2,1H3,(H,21,26)(H,22,27). The number of hydrogen-bond acceptors (Lipinski definition) is 6. The molecule has 1 atom stereocenters. The van der Waals surface area contributed by atoms with Crippen LogP contribution in [0.4, 0.5) is 10.1 Å². The Morgan fingerprint density at radius 1 is 1.18 bits per heavy atom. The second-order valence-electron chi connectivity index (χ2n) is 6.86. The first-order valence-electron chi connectivity index (χ1n) is 9.45. The summed E-state index contributed by atoms with van der Waals surface area (Å²) >= 11 is 0.927. The Balaban J connectivity index is 1.44. The molecule has 2 N–H and O–H groups in total. The topological polar surface area (TPSA) is 87.2 Å². The molecule has 1 unspecified atom stereocenters. The molecule has 7 nitrogen and oxygen atoms in total. The van der Waals surface area contributed by atoms with E-state index in [2.05, 4.69) is 32.7 Å². The first-order chi connectivity index (χ1) is 13.5. The van der Waals surface area contributed by atoms with E-state index in [1.807, 2.05) is 0 Å². The molecule has 1 saturated heterocycles. The summed E-state index contributed by atoms with van der Waals surface area (Å²) in [7, 11) is 0. The van der Waals surface area contributed by atoms with Crippen LogP contribution in [0.15, 0.2) is 24.3 Å². The maximum absolute atomic E-state index is 12.9. The van der Waals surface area contributed by atoms with E-state index in [0.717, 1.165) is 30.8 Å². The van der Waals surface area contributed by atoms with Crippen molar-refractivity contribution < 1.29 is 14.0 Å². The number of aromatic nitrogens is 2. The Kier molecular flexibility index (Phi) is 7.05. The van der Waals surface area contributed by atoms with Crippen LogP contribution >= 0.6 is 11.3 Å². The van der Waals surface area contributed by atoms with Crippen LogP contribution in [0, 0.1) is 5.82 Å². The number of halogens is 1. The van der Waals surface area contributed by atoms with E-state index in [1.165, 1.54) is 43.5 Å². The van der Waals surface area contributed by atoms with Crippen molar-refractivity contribution >= 4 is 28.8 Å². The minimum absolute atomic E-state index is 0.0802. The van der Waals surface area contributed by atoms with E-state index in [9.17, 15) is 14.0 Å². The van der Waals surface area contributed by atoms with Gasteiger partial charge in [0.15, 0.2) is 0 Å². The minimum Gasteiger partial charge on any atom is -0.350 e. The molecule has 150 valence electrons. The second-order valence-corrected chi connectivity index (χ2v) is 7.84. The van der Waals surface area contributed by atoms with Crippen molar-refractivity contribution in [1.82, 2.24) is 20.4 Å². The van der Waals surface area contributed by atoms with Gasteiger partial charge in [-0.1, -0.05) is 17.8 Å². The molecule has 0 aliphatic carbocycles. The van der Waals surface area contributed by atoms with E-state index in [4.69, 9.17) is 0 Å². The Labute approximate surface area is 167 Å². The Bertz CT molecular complexity index is 811. The van der Waals surface area contributed by atoms with Crippen molar-refractivity contribution in [3.05, 3.63) is 40.1 Å². The zero-order valence-corrected chi connectivity index (χ0v) is 16.6. The third-order valence-corrected chi connectivity index (χ3v) is 5.68. The van der Waals surface area contributed by atoms with Gasteiger partial charge < -0.3 is 15.5 Å². The average molecular weight is 405 g/mol. The van der Waals surface area contributed by atoms with Crippen LogP contribution in [0.25, 0.3) is 0 Å². The molecule has 2 heterocycles. The molecule has 0 bridgehead atoms. The number of anilines is 1. The highest BCUT2D eigenvalue weighted by Crippen LogP contribution is 2.16. The third kappa shape index (κ3) is 5.56. The summed E-state index contributed by atoms with van der Waals surface area (Å²) in [5, 5.41) is 13.2. The molecule has 3 rings (SSSR count). The molecule has 28 heavy (non-hydrogen) atoms. The van der Waals surface area contributed by atoms with Gasteiger partial charge in [0, 0.05) is 24.8 Å². The van der Waals surface area contributed by atoms with Crippen LogP contribution in [0.5, 0.6) is 0 Å². The number of nitrogens with zero attached hydrogens (tertiary/aromatic N) is 3. The number of nitrogens with one attached hydrogen (secondary N) is 2. The molecule has 0 saturated carbocycles. The summed E-state index contributed by atoms with van der Waals surface area (Å²) in [6, 6.07) is 6.00. The van der Waals surface area contributed by atoms with Gasteiger partial charge in [0.2, 0.25) is 10.0 Å². The summed E-state index contributed by atoms with van der Waals surface area (Å²) in [6.07, 6.45) is 4.64. The molecule has 1 aromatic heterocycles. The van der Waals surface area contributed by atoms with Crippen LogP contribution in [0.2, 0.25) is 0 Å². The number of carbonyl (C=O) groups excluding carboxylic acids is 2. The normalized spacial score (nSPS) is 17.3. The minimum atomic E-state index is -0.484. The number of amides is 2. The van der Waals surface area contributed by atoms with E-state index < -0.39 is 5.91 Å². The summed E-state index contributed by atoms with van der Waals surface area (Å²) in [6.45, 7) is 4.89. The fourth-order valence-electron chi connectivity index (χ4n) is 3.17. The van der Waals surface area contributed by atoms with E-state index in [0.29, 0.717) is 18.3 Å². The molecule has 0 radical (unpaired) electrons. The first-order valence-corrected chi connectivity index (χ1v) is 10.3. The van der Waals surface area contributed by atoms with Gasteiger partial charge >= 0.3 is 0 Å². The van der Waals surface area contributed by atoms with Crippen LogP contribution in [0.1, 0.15) is 52.2 Å². The lowest BCUT2D eigenvalue weighted by atomic mass is 10.0. The van der Waals surface area contributed by atoms with Gasteiger partial charge in [0.1, 0.15) is 5.82 Å². The van der Waals surface area contributed by atoms with Crippen molar-refractivity contribution in [3.8, 4) is 0 Å². The van der Waals surface area contributed by atoms with Gasteiger partial charge in [-0.25, -0.2) is 4.39 Å². The van der Waals surface area contributed by atoms with Gasteiger partial charge in [-0.05, 0) is 57.0 Å². The monoisotopic (exact) mass is 405 g/mol. The van der Waals surface area contributed by atoms with Crippen LogP contribution in [0.3, 0.4) is 0 Å². The maximum atomic E-state index is 12.9. The molecule has 2 amide bonds. The van der Waals surface area contributed by atoms with Gasteiger partial charge in [-0.2, -0.15) is 0 Å². The molecular formula is C19H24FN5O2S. The molecule has 2 aromatic rings. The second kappa shape index (κ2) is 9.70. The number of likely N-dealkylation sites (tertiary alicyclic amines) is 1. The van der Waals surface area contributed by atoms with Crippen molar-refractivity contribution in [3.63, 3.8) is 0 Å².